The van der Waals surface area contributed by atoms with Gasteiger partial charge in [0, 0.05) is 51.0 Å². The Labute approximate surface area is 120 Å². The molecule has 1 aliphatic rings. The number of hydrogen-bond donors (Lipinski definition) is 1. The van der Waals surface area contributed by atoms with E-state index in [1.54, 1.807) is 6.20 Å². The smallest absolute Gasteiger partial charge is 0.144 e. The fourth-order valence-electron chi connectivity index (χ4n) is 2.56. The highest BCUT2D eigenvalue weighted by molar-refractivity contribution is 5.30. The third-order valence-corrected chi connectivity index (χ3v) is 3.47. The van der Waals surface area contributed by atoms with E-state index in [0.717, 1.165) is 38.3 Å². The summed E-state index contributed by atoms with van der Waals surface area (Å²) >= 11 is 0. The van der Waals surface area contributed by atoms with Crippen LogP contribution in [0, 0.1) is 11.3 Å². The molecule has 0 atom stereocenters. The van der Waals surface area contributed by atoms with Crippen LogP contribution in [0.15, 0.2) is 18.3 Å². The molecule has 2 heterocycles. The zero-order valence-corrected chi connectivity index (χ0v) is 12.2. The Hall–Kier alpha value is -1.48. The molecule has 0 radical (unpaired) electrons. The lowest BCUT2D eigenvalue weighted by molar-refractivity contribution is 0.0166. The van der Waals surface area contributed by atoms with Crippen LogP contribution in [-0.2, 0) is 6.54 Å². The molecule has 0 aliphatic carbocycles. The summed E-state index contributed by atoms with van der Waals surface area (Å²) in [6.45, 7) is 8.97. The van der Waals surface area contributed by atoms with Gasteiger partial charge in [-0.25, -0.2) is 4.98 Å². The Morgan fingerprint density at radius 3 is 2.55 bits per heavy atom. The Morgan fingerprint density at radius 2 is 1.95 bits per heavy atom. The van der Waals surface area contributed by atoms with Gasteiger partial charge in [0.05, 0.1) is 5.60 Å². The molecular weight excluding hydrogens is 252 g/mol. The van der Waals surface area contributed by atoms with E-state index >= 15 is 0 Å². The van der Waals surface area contributed by atoms with Crippen molar-refractivity contribution in [2.24, 2.45) is 0 Å². The molecule has 108 valence electrons. The van der Waals surface area contributed by atoms with Crippen LogP contribution in [0.3, 0.4) is 0 Å². The van der Waals surface area contributed by atoms with Crippen LogP contribution in [0.25, 0.3) is 0 Å². The second kappa shape index (κ2) is 6.31. The molecule has 1 saturated heterocycles. The highest BCUT2D eigenvalue weighted by atomic mass is 16.3. The van der Waals surface area contributed by atoms with Crippen molar-refractivity contribution in [1.82, 2.24) is 14.8 Å². The number of nitrogens with zero attached hydrogens (tertiary/aromatic N) is 4. The van der Waals surface area contributed by atoms with Crippen molar-refractivity contribution in [2.75, 3.05) is 32.7 Å². The zero-order chi connectivity index (χ0) is 14.6. The molecule has 1 aliphatic heterocycles. The molecule has 0 unspecified atom stereocenters. The predicted molar refractivity (Wildman–Crippen MR) is 77.0 cm³/mol. The number of β-amino-alcohol motifs (C(OH)–C–C–N with tert-alkyl or cyclic N) is 1. The molecule has 0 saturated carbocycles. The summed E-state index contributed by atoms with van der Waals surface area (Å²) in [5.74, 6) is 0. The van der Waals surface area contributed by atoms with E-state index in [2.05, 4.69) is 20.9 Å². The van der Waals surface area contributed by atoms with Gasteiger partial charge >= 0.3 is 0 Å². The molecule has 0 bridgehead atoms. The predicted octanol–water partition coefficient (Wildman–Crippen LogP) is 0.842. The van der Waals surface area contributed by atoms with Crippen molar-refractivity contribution >= 4 is 0 Å². The number of hydrogen-bond acceptors (Lipinski definition) is 5. The third kappa shape index (κ3) is 4.27. The maximum Gasteiger partial charge on any atom is 0.144 e. The van der Waals surface area contributed by atoms with Crippen molar-refractivity contribution in [1.29, 1.82) is 5.26 Å². The minimum Gasteiger partial charge on any atom is -0.389 e. The maximum atomic E-state index is 9.84. The Balaban J connectivity index is 1.87. The van der Waals surface area contributed by atoms with Crippen LogP contribution in [0.1, 0.15) is 25.1 Å². The van der Waals surface area contributed by atoms with Crippen LogP contribution < -0.4 is 0 Å². The van der Waals surface area contributed by atoms with Crippen LogP contribution in [-0.4, -0.2) is 58.2 Å². The molecule has 5 nitrogen and oxygen atoms in total. The minimum atomic E-state index is -0.639. The van der Waals surface area contributed by atoms with Gasteiger partial charge in [-0.05, 0) is 19.9 Å². The largest absolute Gasteiger partial charge is 0.389 e. The van der Waals surface area contributed by atoms with Crippen LogP contribution in [0.5, 0.6) is 0 Å². The SMILES string of the molecule is CC(C)(O)CN1CCN(Cc2cccnc2C#N)CC1. The van der Waals surface area contributed by atoms with Crippen molar-refractivity contribution in [3.05, 3.63) is 29.6 Å². The Bertz CT molecular complexity index is 481. The number of piperazine rings is 1. The van der Waals surface area contributed by atoms with Crippen molar-refractivity contribution < 1.29 is 5.11 Å². The summed E-state index contributed by atoms with van der Waals surface area (Å²) in [6, 6.07) is 5.99. The van der Waals surface area contributed by atoms with E-state index in [9.17, 15) is 5.11 Å². The molecule has 20 heavy (non-hydrogen) atoms. The monoisotopic (exact) mass is 274 g/mol. The quantitative estimate of drug-likeness (QED) is 0.881. The summed E-state index contributed by atoms with van der Waals surface area (Å²) in [6.07, 6.45) is 1.66. The van der Waals surface area contributed by atoms with Gasteiger partial charge in [0.2, 0.25) is 0 Å². The number of rotatable bonds is 4. The highest BCUT2D eigenvalue weighted by Gasteiger charge is 2.23. The number of aromatic nitrogens is 1. The normalized spacial score (nSPS) is 17.9. The zero-order valence-electron chi connectivity index (χ0n) is 12.2. The first-order valence-electron chi connectivity index (χ1n) is 6.99. The van der Waals surface area contributed by atoms with E-state index in [1.807, 2.05) is 26.0 Å². The summed E-state index contributed by atoms with van der Waals surface area (Å²) in [5.41, 5.74) is 0.872. The van der Waals surface area contributed by atoms with Crippen molar-refractivity contribution in [3.8, 4) is 6.07 Å². The molecule has 1 N–H and O–H groups in total. The van der Waals surface area contributed by atoms with Crippen molar-refractivity contribution in [3.63, 3.8) is 0 Å². The first kappa shape index (κ1) is 14.9. The standard InChI is InChI=1S/C15H22N4O/c1-15(2,20)12-19-8-6-18(7-9-19)11-13-4-3-5-17-14(13)10-16/h3-5,20H,6-9,11-12H2,1-2H3. The minimum absolute atomic E-state index is 0.520. The van der Waals surface area contributed by atoms with Gasteiger partial charge in [-0.3, -0.25) is 9.80 Å². The fourth-order valence-corrected chi connectivity index (χ4v) is 2.56. The van der Waals surface area contributed by atoms with E-state index in [-0.39, 0.29) is 0 Å². The van der Waals surface area contributed by atoms with E-state index in [4.69, 9.17) is 5.26 Å². The Kier molecular flexibility index (Phi) is 4.71. The lowest BCUT2D eigenvalue weighted by atomic mass is 10.1. The average molecular weight is 274 g/mol. The first-order chi connectivity index (χ1) is 9.48. The first-order valence-corrected chi connectivity index (χ1v) is 6.99. The van der Waals surface area contributed by atoms with E-state index in [0.29, 0.717) is 12.2 Å². The number of nitriles is 1. The second-order valence-electron chi connectivity index (χ2n) is 5.99. The lowest BCUT2D eigenvalue weighted by Crippen LogP contribution is -2.50. The van der Waals surface area contributed by atoms with Gasteiger partial charge in [-0.2, -0.15) is 5.26 Å². The van der Waals surface area contributed by atoms with Gasteiger partial charge in [0.15, 0.2) is 0 Å². The lowest BCUT2D eigenvalue weighted by Gasteiger charge is -2.37. The molecule has 1 aromatic heterocycles. The molecular formula is C15H22N4O. The van der Waals surface area contributed by atoms with Crippen LogP contribution >= 0.6 is 0 Å². The summed E-state index contributed by atoms with van der Waals surface area (Å²) in [5, 5.41) is 18.9. The Morgan fingerprint density at radius 1 is 1.30 bits per heavy atom. The second-order valence-corrected chi connectivity index (χ2v) is 5.99. The van der Waals surface area contributed by atoms with Gasteiger partial charge in [-0.15, -0.1) is 0 Å². The van der Waals surface area contributed by atoms with Crippen LogP contribution in [0.2, 0.25) is 0 Å². The molecule has 1 aromatic rings. The summed E-state index contributed by atoms with van der Waals surface area (Å²) in [4.78, 5) is 8.71. The average Bonchev–Trinajstić information content (AvgIpc) is 2.40. The van der Waals surface area contributed by atoms with E-state index < -0.39 is 5.60 Å². The summed E-state index contributed by atoms with van der Waals surface area (Å²) < 4.78 is 0. The van der Waals surface area contributed by atoms with E-state index in [1.165, 1.54) is 0 Å². The van der Waals surface area contributed by atoms with Crippen molar-refractivity contribution in [2.45, 2.75) is 26.0 Å². The van der Waals surface area contributed by atoms with Gasteiger partial charge in [-0.1, -0.05) is 6.07 Å². The highest BCUT2D eigenvalue weighted by Crippen LogP contribution is 2.12. The van der Waals surface area contributed by atoms with Crippen LogP contribution in [0.4, 0.5) is 0 Å². The molecule has 5 heteroatoms. The number of aliphatic hydroxyl groups is 1. The number of pyridine rings is 1. The van der Waals surface area contributed by atoms with Gasteiger partial charge in [0.25, 0.3) is 0 Å². The van der Waals surface area contributed by atoms with Gasteiger partial charge < -0.3 is 5.11 Å². The fraction of sp³-hybridized carbons (Fsp3) is 0.600. The molecule has 2 rings (SSSR count). The molecule has 0 aromatic carbocycles. The summed E-state index contributed by atoms with van der Waals surface area (Å²) in [7, 11) is 0. The molecule has 0 amide bonds. The third-order valence-electron chi connectivity index (χ3n) is 3.47. The topological polar surface area (TPSA) is 63.4 Å². The molecule has 1 fully saturated rings. The maximum absolute atomic E-state index is 9.84. The van der Waals surface area contributed by atoms with Gasteiger partial charge in [0.1, 0.15) is 11.8 Å². The molecule has 0 spiro atoms.